The van der Waals surface area contributed by atoms with Crippen molar-refractivity contribution in [3.05, 3.63) is 35.4 Å². The average molecular weight is 375 g/mol. The Labute approximate surface area is 159 Å². The standard InChI is InChI=1S/C19H30N2O.2ClH/c1-15(2)16-3-5-17(6-4-16)19(18-7-13-22-14-8-18)21-11-9-20-10-12-21;;/h3-6,15,18-20H,7-14H2,1-2H3;2*1H/t19-;;/m1../s1. The highest BCUT2D eigenvalue weighted by Crippen LogP contribution is 2.35. The van der Waals surface area contributed by atoms with E-state index in [1.54, 1.807) is 0 Å². The van der Waals surface area contributed by atoms with Crippen LogP contribution in [0, 0.1) is 5.92 Å². The fourth-order valence-electron chi connectivity index (χ4n) is 3.85. The van der Waals surface area contributed by atoms with Crippen LogP contribution < -0.4 is 5.32 Å². The second-order valence-electron chi connectivity index (χ2n) is 7.00. The molecule has 138 valence electrons. The SMILES string of the molecule is CC(C)c1ccc([C@H](C2CCOCC2)N2CCNCC2)cc1.Cl.Cl. The molecule has 24 heavy (non-hydrogen) atoms. The molecule has 2 aliphatic heterocycles. The van der Waals surface area contributed by atoms with Gasteiger partial charge >= 0.3 is 0 Å². The van der Waals surface area contributed by atoms with E-state index in [2.05, 4.69) is 48.3 Å². The lowest BCUT2D eigenvalue weighted by atomic mass is 9.85. The van der Waals surface area contributed by atoms with Gasteiger partial charge in [0.25, 0.3) is 0 Å². The first-order valence-corrected chi connectivity index (χ1v) is 8.88. The van der Waals surface area contributed by atoms with Gasteiger partial charge in [-0.05, 0) is 35.8 Å². The van der Waals surface area contributed by atoms with Crippen molar-refractivity contribution in [2.45, 2.75) is 38.6 Å². The van der Waals surface area contributed by atoms with Crippen LogP contribution in [0.25, 0.3) is 0 Å². The van der Waals surface area contributed by atoms with E-state index < -0.39 is 0 Å². The van der Waals surface area contributed by atoms with Crippen LogP contribution >= 0.6 is 24.8 Å². The third-order valence-corrected chi connectivity index (χ3v) is 5.20. The maximum atomic E-state index is 5.59. The van der Waals surface area contributed by atoms with Crippen molar-refractivity contribution < 1.29 is 4.74 Å². The van der Waals surface area contributed by atoms with Gasteiger partial charge in [-0.25, -0.2) is 0 Å². The topological polar surface area (TPSA) is 24.5 Å². The van der Waals surface area contributed by atoms with Gasteiger partial charge in [0.1, 0.15) is 0 Å². The van der Waals surface area contributed by atoms with Crippen molar-refractivity contribution in [2.75, 3.05) is 39.4 Å². The first-order chi connectivity index (χ1) is 10.8. The van der Waals surface area contributed by atoms with Gasteiger partial charge in [0.05, 0.1) is 0 Å². The summed E-state index contributed by atoms with van der Waals surface area (Å²) in [4.78, 5) is 2.69. The van der Waals surface area contributed by atoms with E-state index in [-0.39, 0.29) is 24.8 Å². The highest BCUT2D eigenvalue weighted by atomic mass is 35.5. The largest absolute Gasteiger partial charge is 0.381 e. The van der Waals surface area contributed by atoms with Gasteiger partial charge in [-0.15, -0.1) is 24.8 Å². The quantitative estimate of drug-likeness (QED) is 0.860. The molecule has 2 aliphatic rings. The summed E-state index contributed by atoms with van der Waals surface area (Å²) in [6, 6.07) is 9.96. The number of benzene rings is 1. The third-order valence-electron chi connectivity index (χ3n) is 5.20. The van der Waals surface area contributed by atoms with Crippen molar-refractivity contribution in [3.8, 4) is 0 Å². The maximum absolute atomic E-state index is 5.59. The third kappa shape index (κ3) is 5.34. The van der Waals surface area contributed by atoms with E-state index in [0.29, 0.717) is 12.0 Å². The predicted molar refractivity (Wildman–Crippen MR) is 106 cm³/mol. The average Bonchev–Trinajstić information content (AvgIpc) is 2.57. The maximum Gasteiger partial charge on any atom is 0.0469 e. The van der Waals surface area contributed by atoms with Gasteiger partial charge in [-0.3, -0.25) is 4.90 Å². The molecule has 1 aromatic rings. The molecule has 0 radical (unpaired) electrons. The van der Waals surface area contributed by atoms with Gasteiger partial charge in [0, 0.05) is 45.4 Å². The van der Waals surface area contributed by atoms with E-state index in [1.165, 1.54) is 24.0 Å². The van der Waals surface area contributed by atoms with Gasteiger partial charge in [0.15, 0.2) is 0 Å². The molecule has 0 unspecified atom stereocenters. The second kappa shape index (κ2) is 10.6. The lowest BCUT2D eigenvalue weighted by Crippen LogP contribution is -2.47. The van der Waals surface area contributed by atoms with E-state index in [0.717, 1.165) is 45.3 Å². The molecule has 2 saturated heterocycles. The van der Waals surface area contributed by atoms with Crippen molar-refractivity contribution in [1.29, 1.82) is 0 Å². The number of rotatable bonds is 4. The Kier molecular flexibility index (Phi) is 9.61. The molecule has 3 rings (SSSR count). The van der Waals surface area contributed by atoms with Gasteiger partial charge in [-0.1, -0.05) is 38.1 Å². The van der Waals surface area contributed by atoms with Crippen LogP contribution in [-0.4, -0.2) is 44.3 Å². The molecule has 1 aromatic carbocycles. The molecule has 0 bridgehead atoms. The lowest BCUT2D eigenvalue weighted by Gasteiger charge is -2.41. The Morgan fingerprint density at radius 3 is 2.04 bits per heavy atom. The number of hydrogen-bond acceptors (Lipinski definition) is 3. The minimum absolute atomic E-state index is 0. The molecular formula is C19H32Cl2N2O. The molecule has 3 nitrogen and oxygen atoms in total. The highest BCUT2D eigenvalue weighted by molar-refractivity contribution is 5.85. The second-order valence-corrected chi connectivity index (χ2v) is 7.00. The van der Waals surface area contributed by atoms with Crippen LogP contribution in [0.2, 0.25) is 0 Å². The van der Waals surface area contributed by atoms with Crippen molar-refractivity contribution in [1.82, 2.24) is 10.2 Å². The number of hydrogen-bond donors (Lipinski definition) is 1. The van der Waals surface area contributed by atoms with E-state index in [9.17, 15) is 0 Å². The first-order valence-electron chi connectivity index (χ1n) is 8.88. The normalized spacial score (nSPS) is 21.0. The summed E-state index contributed by atoms with van der Waals surface area (Å²) in [6.07, 6.45) is 2.39. The summed E-state index contributed by atoms with van der Waals surface area (Å²) in [5, 5.41) is 3.48. The van der Waals surface area contributed by atoms with E-state index in [1.807, 2.05) is 0 Å². The summed E-state index contributed by atoms with van der Waals surface area (Å²) < 4.78 is 5.59. The minimum atomic E-state index is 0. The van der Waals surface area contributed by atoms with Gasteiger partial charge < -0.3 is 10.1 Å². The fourth-order valence-corrected chi connectivity index (χ4v) is 3.85. The zero-order valence-corrected chi connectivity index (χ0v) is 16.5. The van der Waals surface area contributed by atoms with Gasteiger partial charge in [-0.2, -0.15) is 0 Å². The molecule has 0 aromatic heterocycles. The summed E-state index contributed by atoms with van der Waals surface area (Å²) in [5.41, 5.74) is 2.94. The number of piperazine rings is 1. The Bertz CT molecular complexity index is 437. The van der Waals surface area contributed by atoms with Crippen molar-refractivity contribution in [2.24, 2.45) is 5.92 Å². The summed E-state index contributed by atoms with van der Waals surface area (Å²) in [5.74, 6) is 1.34. The predicted octanol–water partition coefficient (Wildman–Crippen LogP) is 4.03. The van der Waals surface area contributed by atoms with Crippen LogP contribution in [0.3, 0.4) is 0 Å². The number of nitrogens with one attached hydrogen (secondary N) is 1. The van der Waals surface area contributed by atoms with Crippen LogP contribution in [0.1, 0.15) is 49.8 Å². The number of ether oxygens (including phenoxy) is 1. The lowest BCUT2D eigenvalue weighted by molar-refractivity contribution is 0.0213. The van der Waals surface area contributed by atoms with Crippen molar-refractivity contribution in [3.63, 3.8) is 0 Å². The molecule has 1 atom stereocenters. The van der Waals surface area contributed by atoms with Crippen LogP contribution in [0.15, 0.2) is 24.3 Å². The van der Waals surface area contributed by atoms with Crippen LogP contribution in [0.5, 0.6) is 0 Å². The summed E-state index contributed by atoms with van der Waals surface area (Å²) >= 11 is 0. The van der Waals surface area contributed by atoms with Crippen LogP contribution in [-0.2, 0) is 4.74 Å². The van der Waals surface area contributed by atoms with Gasteiger partial charge in [0.2, 0.25) is 0 Å². The monoisotopic (exact) mass is 374 g/mol. The molecule has 0 saturated carbocycles. The molecule has 2 heterocycles. The molecule has 0 aliphatic carbocycles. The Balaban J connectivity index is 0.00000144. The van der Waals surface area contributed by atoms with E-state index in [4.69, 9.17) is 4.74 Å². The van der Waals surface area contributed by atoms with E-state index >= 15 is 0 Å². The highest BCUT2D eigenvalue weighted by Gasteiger charge is 2.31. The minimum Gasteiger partial charge on any atom is -0.381 e. The zero-order chi connectivity index (χ0) is 15.4. The van der Waals surface area contributed by atoms with Crippen LogP contribution in [0.4, 0.5) is 0 Å². The first kappa shape index (κ1) is 21.7. The molecule has 5 heteroatoms. The zero-order valence-electron chi connectivity index (χ0n) is 14.9. The molecule has 0 spiro atoms. The Hall–Kier alpha value is -0.320. The van der Waals surface area contributed by atoms with Crippen molar-refractivity contribution >= 4 is 24.8 Å². The molecule has 1 N–H and O–H groups in total. The Morgan fingerprint density at radius 1 is 0.958 bits per heavy atom. The fraction of sp³-hybridized carbons (Fsp3) is 0.684. The summed E-state index contributed by atoms with van der Waals surface area (Å²) in [7, 11) is 0. The number of halogens is 2. The Morgan fingerprint density at radius 2 is 1.50 bits per heavy atom. The summed E-state index contributed by atoms with van der Waals surface area (Å²) in [6.45, 7) is 10.9. The molecule has 0 amide bonds. The molecular weight excluding hydrogens is 343 g/mol. The smallest absolute Gasteiger partial charge is 0.0469 e. The molecule has 2 fully saturated rings. The number of nitrogens with zero attached hydrogens (tertiary/aromatic N) is 1.